The molecule has 1 aliphatic rings. The number of thioether (sulfide) groups is 2. The maximum absolute atomic E-state index is 9.46. The molecule has 1 N–H and O–H groups in total. The Bertz CT molecular complexity index is 399. The van der Waals surface area contributed by atoms with Crippen LogP contribution < -0.4 is 0 Å². The number of aliphatic hydroxyl groups is 1. The highest BCUT2D eigenvalue weighted by Crippen LogP contribution is 2.35. The lowest BCUT2D eigenvalue weighted by molar-refractivity contribution is 0.167. The topological polar surface area (TPSA) is 82.9 Å². The van der Waals surface area contributed by atoms with E-state index in [0.717, 1.165) is 11.5 Å². The second-order valence-electron chi connectivity index (χ2n) is 3.70. The van der Waals surface area contributed by atoms with E-state index in [1.54, 1.807) is 0 Å². The molecule has 0 amide bonds. The average molecular weight is 271 g/mol. The molecule has 5 nitrogen and oxygen atoms in total. The summed E-state index contributed by atoms with van der Waals surface area (Å²) >= 11 is 3.73. The minimum absolute atomic E-state index is 0.0890. The zero-order valence-electron chi connectivity index (χ0n) is 9.20. The van der Waals surface area contributed by atoms with Gasteiger partial charge in [-0.1, -0.05) is 5.16 Å². The van der Waals surface area contributed by atoms with E-state index in [1.165, 1.54) is 5.75 Å². The largest absolute Gasteiger partial charge is 0.392 e. The molecule has 1 aromatic heterocycles. The Morgan fingerprint density at radius 2 is 2.47 bits per heavy atom. The Morgan fingerprint density at radius 3 is 3.18 bits per heavy atom. The van der Waals surface area contributed by atoms with Crippen molar-refractivity contribution in [2.45, 2.75) is 24.2 Å². The number of aliphatic hydroxyl groups excluding tert-OH is 1. The third-order valence-corrected chi connectivity index (χ3v) is 5.08. The van der Waals surface area contributed by atoms with Gasteiger partial charge in [0, 0.05) is 17.3 Å². The molecule has 17 heavy (non-hydrogen) atoms. The van der Waals surface area contributed by atoms with Crippen LogP contribution in [0.1, 0.15) is 23.4 Å². The molecule has 1 aromatic rings. The van der Waals surface area contributed by atoms with E-state index < -0.39 is 6.10 Å². The molecule has 2 rings (SSSR count). The Balaban J connectivity index is 1.93. The molecule has 1 saturated heterocycles. The first kappa shape index (κ1) is 12.7. The zero-order valence-corrected chi connectivity index (χ0v) is 10.8. The Hall–Kier alpha value is -0.710. The minimum atomic E-state index is -0.721. The lowest BCUT2D eigenvalue weighted by Crippen LogP contribution is -2.10. The van der Waals surface area contributed by atoms with Crippen LogP contribution in [0.15, 0.2) is 4.52 Å². The van der Waals surface area contributed by atoms with Crippen molar-refractivity contribution in [3.8, 4) is 6.07 Å². The van der Waals surface area contributed by atoms with E-state index in [1.807, 2.05) is 29.6 Å². The molecule has 0 aliphatic carbocycles. The molecule has 2 heterocycles. The first-order chi connectivity index (χ1) is 8.29. The van der Waals surface area contributed by atoms with Gasteiger partial charge in [0.1, 0.15) is 0 Å². The van der Waals surface area contributed by atoms with Crippen molar-refractivity contribution < 1.29 is 9.63 Å². The summed E-state index contributed by atoms with van der Waals surface area (Å²) in [7, 11) is 0. The second-order valence-corrected chi connectivity index (χ2v) is 6.16. The van der Waals surface area contributed by atoms with Crippen LogP contribution in [0.25, 0.3) is 0 Å². The summed E-state index contributed by atoms with van der Waals surface area (Å²) in [5, 5.41) is 22.1. The number of hydrogen-bond donors (Lipinski definition) is 1. The van der Waals surface area contributed by atoms with Crippen LogP contribution >= 0.6 is 23.5 Å². The molecule has 0 aromatic carbocycles. The first-order valence-corrected chi connectivity index (χ1v) is 7.57. The van der Waals surface area contributed by atoms with Crippen molar-refractivity contribution in [3.05, 3.63) is 11.7 Å². The van der Waals surface area contributed by atoms with Crippen molar-refractivity contribution in [1.29, 1.82) is 5.26 Å². The van der Waals surface area contributed by atoms with E-state index in [-0.39, 0.29) is 12.8 Å². The molecule has 7 heteroatoms. The van der Waals surface area contributed by atoms with Crippen molar-refractivity contribution >= 4 is 23.5 Å². The predicted octanol–water partition coefficient (Wildman–Crippen LogP) is 1.41. The molecular formula is C10H13N3O2S2. The summed E-state index contributed by atoms with van der Waals surface area (Å²) in [5.41, 5.74) is 0. The highest BCUT2D eigenvalue weighted by Gasteiger charge is 2.22. The fourth-order valence-corrected chi connectivity index (χ4v) is 4.09. The maximum Gasteiger partial charge on any atom is 0.229 e. The minimum Gasteiger partial charge on any atom is -0.392 e. The van der Waals surface area contributed by atoms with E-state index in [9.17, 15) is 5.11 Å². The van der Waals surface area contributed by atoms with Gasteiger partial charge in [0.15, 0.2) is 5.82 Å². The van der Waals surface area contributed by atoms with Gasteiger partial charge in [-0.3, -0.25) is 0 Å². The first-order valence-electron chi connectivity index (χ1n) is 5.36. The van der Waals surface area contributed by atoms with E-state index >= 15 is 0 Å². The van der Waals surface area contributed by atoms with Crippen LogP contribution in [0.4, 0.5) is 0 Å². The van der Waals surface area contributed by atoms with Gasteiger partial charge in [-0.15, -0.1) is 11.8 Å². The quantitative estimate of drug-likeness (QED) is 0.886. The van der Waals surface area contributed by atoms with Crippen LogP contribution in [0.3, 0.4) is 0 Å². The monoisotopic (exact) mass is 271 g/mol. The normalized spacial score (nSPS) is 22.0. The third kappa shape index (κ3) is 3.63. The number of nitrogens with zero attached hydrogens (tertiary/aromatic N) is 3. The molecule has 0 radical (unpaired) electrons. The van der Waals surface area contributed by atoms with E-state index in [4.69, 9.17) is 9.78 Å². The molecule has 92 valence electrons. The van der Waals surface area contributed by atoms with Crippen LogP contribution in [-0.2, 0) is 6.42 Å². The Kier molecular flexibility index (Phi) is 4.71. The van der Waals surface area contributed by atoms with Crippen LogP contribution in [0.5, 0.6) is 0 Å². The van der Waals surface area contributed by atoms with Gasteiger partial charge in [0.2, 0.25) is 5.89 Å². The van der Waals surface area contributed by atoms with Gasteiger partial charge in [-0.25, -0.2) is 0 Å². The molecule has 1 fully saturated rings. The average Bonchev–Trinajstić information content (AvgIpc) is 2.79. The lowest BCUT2D eigenvalue weighted by atomic mass is 10.2. The van der Waals surface area contributed by atoms with Crippen molar-refractivity contribution in [2.24, 2.45) is 0 Å². The molecule has 0 spiro atoms. The molecule has 2 atom stereocenters. The van der Waals surface area contributed by atoms with Gasteiger partial charge >= 0.3 is 0 Å². The SMILES string of the molecule is N#CCC(O)Cc1nc(C2CSCCS2)no1. The molecule has 0 saturated carbocycles. The summed E-state index contributed by atoms with van der Waals surface area (Å²) in [6.07, 6.45) is -0.377. The Morgan fingerprint density at radius 1 is 1.59 bits per heavy atom. The summed E-state index contributed by atoms with van der Waals surface area (Å²) in [6.45, 7) is 0. The van der Waals surface area contributed by atoms with Crippen molar-refractivity contribution in [3.63, 3.8) is 0 Å². The molecular weight excluding hydrogens is 258 g/mol. The van der Waals surface area contributed by atoms with Crippen LogP contribution in [0.2, 0.25) is 0 Å². The van der Waals surface area contributed by atoms with Crippen molar-refractivity contribution in [2.75, 3.05) is 17.3 Å². The zero-order chi connectivity index (χ0) is 12.1. The number of rotatable bonds is 4. The van der Waals surface area contributed by atoms with Gasteiger partial charge < -0.3 is 9.63 Å². The van der Waals surface area contributed by atoms with E-state index in [0.29, 0.717) is 17.0 Å². The summed E-state index contributed by atoms with van der Waals surface area (Å²) < 4.78 is 5.08. The second kappa shape index (κ2) is 6.28. The summed E-state index contributed by atoms with van der Waals surface area (Å²) in [4.78, 5) is 4.27. The van der Waals surface area contributed by atoms with Crippen LogP contribution in [0, 0.1) is 11.3 Å². The lowest BCUT2D eigenvalue weighted by Gasteiger charge is -2.16. The number of hydrogen-bond acceptors (Lipinski definition) is 7. The van der Waals surface area contributed by atoms with Gasteiger partial charge in [-0.2, -0.15) is 22.0 Å². The van der Waals surface area contributed by atoms with Gasteiger partial charge in [0.25, 0.3) is 0 Å². The highest BCUT2D eigenvalue weighted by molar-refractivity contribution is 8.06. The van der Waals surface area contributed by atoms with Gasteiger partial charge in [0.05, 0.1) is 30.3 Å². The summed E-state index contributed by atoms with van der Waals surface area (Å²) in [6, 6.07) is 1.91. The third-order valence-electron chi connectivity index (χ3n) is 2.32. The molecule has 2 unspecified atom stereocenters. The van der Waals surface area contributed by atoms with Crippen LogP contribution in [-0.4, -0.2) is 38.6 Å². The fourth-order valence-electron chi connectivity index (χ4n) is 1.50. The molecule has 1 aliphatic heterocycles. The maximum atomic E-state index is 9.46. The van der Waals surface area contributed by atoms with Gasteiger partial charge in [-0.05, 0) is 0 Å². The predicted molar refractivity (Wildman–Crippen MR) is 66.8 cm³/mol. The van der Waals surface area contributed by atoms with Crippen molar-refractivity contribution in [1.82, 2.24) is 10.1 Å². The smallest absolute Gasteiger partial charge is 0.229 e. The highest BCUT2D eigenvalue weighted by atomic mass is 32.2. The summed E-state index contributed by atoms with van der Waals surface area (Å²) in [5.74, 6) is 4.41. The Labute approximate surface area is 108 Å². The van der Waals surface area contributed by atoms with E-state index in [2.05, 4.69) is 10.1 Å². The number of aromatic nitrogens is 2. The molecule has 0 bridgehead atoms. The number of nitriles is 1. The fraction of sp³-hybridized carbons (Fsp3) is 0.700. The standard InChI is InChI=1S/C10H13N3O2S2/c11-2-1-7(14)5-9-12-10(13-15-9)8-6-16-3-4-17-8/h7-8,14H,1,3-6H2.